The molecule has 1 N–H and O–H groups in total. The van der Waals surface area contributed by atoms with Gasteiger partial charge in [0.2, 0.25) is 0 Å². The molecule has 0 bridgehead atoms. The van der Waals surface area contributed by atoms with E-state index in [9.17, 15) is 4.39 Å². The highest BCUT2D eigenvalue weighted by atomic mass is 127. The van der Waals surface area contributed by atoms with E-state index in [0.29, 0.717) is 12.1 Å². The van der Waals surface area contributed by atoms with E-state index >= 15 is 0 Å². The summed E-state index contributed by atoms with van der Waals surface area (Å²) in [7, 11) is 0. The minimum atomic E-state index is -0.365. The van der Waals surface area contributed by atoms with Gasteiger partial charge in [-0.2, -0.15) is 0 Å². The van der Waals surface area contributed by atoms with Crippen molar-refractivity contribution in [1.29, 1.82) is 0 Å². The Hall–Kier alpha value is -0.330. The van der Waals surface area contributed by atoms with E-state index in [2.05, 4.69) is 43.8 Å². The highest BCUT2D eigenvalue weighted by molar-refractivity contribution is 14.1. The van der Waals surface area contributed by atoms with Gasteiger partial charge >= 0.3 is 0 Å². The van der Waals surface area contributed by atoms with Crippen LogP contribution in [-0.2, 0) is 6.54 Å². The Morgan fingerprint density at radius 3 is 2.78 bits per heavy atom. The predicted molar refractivity (Wildman–Crippen MR) is 85.6 cm³/mol. The lowest BCUT2D eigenvalue weighted by Crippen LogP contribution is -2.02. The normalized spacial score (nSPS) is 10.4. The molecule has 0 aliphatic heterocycles. The smallest absolute Gasteiger partial charge is 0.146 e. The Morgan fingerprint density at radius 1 is 1.28 bits per heavy atom. The van der Waals surface area contributed by atoms with E-state index in [1.54, 1.807) is 18.2 Å². The van der Waals surface area contributed by atoms with Gasteiger partial charge in [-0.05, 0) is 62.8 Å². The van der Waals surface area contributed by atoms with Gasteiger partial charge in [-0.15, -0.1) is 0 Å². The SMILES string of the molecule is Fc1c(Cl)cccc1CNc1ccc(I)c(Br)c1. The summed E-state index contributed by atoms with van der Waals surface area (Å²) < 4.78 is 15.8. The Balaban J connectivity index is 2.11. The molecule has 0 radical (unpaired) electrons. The summed E-state index contributed by atoms with van der Waals surface area (Å²) in [5.41, 5.74) is 1.49. The average Bonchev–Trinajstić information content (AvgIpc) is 2.35. The molecule has 2 aromatic rings. The van der Waals surface area contributed by atoms with E-state index in [0.717, 1.165) is 13.7 Å². The third-order valence-electron chi connectivity index (χ3n) is 2.43. The topological polar surface area (TPSA) is 12.0 Å². The third-order valence-corrected chi connectivity index (χ3v) is 5.06. The molecule has 0 saturated heterocycles. The quantitative estimate of drug-likeness (QED) is 0.625. The van der Waals surface area contributed by atoms with Crippen LogP contribution in [-0.4, -0.2) is 0 Å². The Kier molecular flexibility index (Phi) is 4.86. The molecule has 2 rings (SSSR count). The summed E-state index contributed by atoms with van der Waals surface area (Å²) in [6, 6.07) is 10.9. The van der Waals surface area contributed by atoms with Gasteiger partial charge in [0.15, 0.2) is 0 Å². The van der Waals surface area contributed by atoms with E-state index in [1.807, 2.05) is 18.2 Å². The van der Waals surface area contributed by atoms with Crippen molar-refractivity contribution in [3.05, 3.63) is 60.8 Å². The molecular formula is C13H9BrClFIN. The van der Waals surface area contributed by atoms with Gasteiger partial charge in [0, 0.05) is 25.8 Å². The standard InChI is InChI=1S/C13H9BrClFIN/c14-10-6-9(4-5-12(10)17)18-7-8-2-1-3-11(15)13(8)16/h1-6,18H,7H2. The molecule has 94 valence electrons. The van der Waals surface area contributed by atoms with Crippen LogP contribution in [0.25, 0.3) is 0 Å². The fourth-order valence-corrected chi connectivity index (χ4v) is 2.40. The lowest BCUT2D eigenvalue weighted by atomic mass is 10.2. The van der Waals surface area contributed by atoms with Crippen molar-refractivity contribution < 1.29 is 4.39 Å². The number of halogens is 4. The monoisotopic (exact) mass is 439 g/mol. The summed E-state index contributed by atoms with van der Waals surface area (Å²) in [5.74, 6) is -0.365. The highest BCUT2D eigenvalue weighted by Gasteiger charge is 2.06. The van der Waals surface area contributed by atoms with Crippen molar-refractivity contribution in [3.63, 3.8) is 0 Å². The fraction of sp³-hybridized carbons (Fsp3) is 0.0769. The van der Waals surface area contributed by atoms with E-state index in [4.69, 9.17) is 11.6 Å². The van der Waals surface area contributed by atoms with Crippen LogP contribution in [0, 0.1) is 9.39 Å². The molecule has 5 heteroatoms. The summed E-state index contributed by atoms with van der Waals surface area (Å²) in [6.45, 7) is 0.402. The number of benzene rings is 2. The number of nitrogens with one attached hydrogen (secondary N) is 1. The zero-order valence-corrected chi connectivity index (χ0v) is 13.7. The molecule has 1 nitrogen and oxygen atoms in total. The van der Waals surface area contributed by atoms with Crippen LogP contribution in [0.15, 0.2) is 40.9 Å². The lowest BCUT2D eigenvalue weighted by molar-refractivity contribution is 0.613. The molecule has 0 amide bonds. The van der Waals surface area contributed by atoms with Crippen LogP contribution in [0.1, 0.15) is 5.56 Å². The Bertz CT molecular complexity index is 577. The Labute approximate surface area is 132 Å². The van der Waals surface area contributed by atoms with Crippen molar-refractivity contribution >= 4 is 55.8 Å². The largest absolute Gasteiger partial charge is 0.381 e. The predicted octanol–water partition coefficient (Wildman–Crippen LogP) is 5.46. The van der Waals surface area contributed by atoms with Crippen LogP contribution >= 0.6 is 50.1 Å². The second-order valence-electron chi connectivity index (χ2n) is 3.70. The van der Waals surface area contributed by atoms with Crippen LogP contribution in [0.2, 0.25) is 5.02 Å². The molecule has 18 heavy (non-hydrogen) atoms. The Morgan fingerprint density at radius 2 is 2.06 bits per heavy atom. The molecule has 0 fully saturated rings. The zero-order chi connectivity index (χ0) is 13.1. The summed E-state index contributed by atoms with van der Waals surface area (Å²) in [5, 5.41) is 3.32. The van der Waals surface area contributed by atoms with Gasteiger partial charge in [-0.1, -0.05) is 23.7 Å². The first kappa shape index (κ1) is 14.1. The molecule has 0 heterocycles. The number of anilines is 1. The molecule has 0 aliphatic rings. The summed E-state index contributed by atoms with van der Waals surface area (Å²) in [4.78, 5) is 0. The molecule has 0 aromatic heterocycles. The second kappa shape index (κ2) is 6.21. The van der Waals surface area contributed by atoms with Gasteiger partial charge in [0.05, 0.1) is 5.02 Å². The first-order valence-electron chi connectivity index (χ1n) is 5.20. The lowest BCUT2D eigenvalue weighted by Gasteiger charge is -2.09. The van der Waals surface area contributed by atoms with Crippen molar-refractivity contribution in [1.82, 2.24) is 0 Å². The summed E-state index contributed by atoms with van der Waals surface area (Å²) in [6.07, 6.45) is 0. The van der Waals surface area contributed by atoms with Crippen molar-refractivity contribution in [3.8, 4) is 0 Å². The second-order valence-corrected chi connectivity index (χ2v) is 6.12. The van der Waals surface area contributed by atoms with Gasteiger partial charge < -0.3 is 5.32 Å². The average molecular weight is 440 g/mol. The molecular weight excluding hydrogens is 431 g/mol. The van der Waals surface area contributed by atoms with Crippen LogP contribution < -0.4 is 5.32 Å². The minimum Gasteiger partial charge on any atom is -0.381 e. The van der Waals surface area contributed by atoms with Crippen molar-refractivity contribution in [2.45, 2.75) is 6.54 Å². The van der Waals surface area contributed by atoms with Crippen LogP contribution in [0.4, 0.5) is 10.1 Å². The molecule has 0 atom stereocenters. The van der Waals surface area contributed by atoms with Crippen molar-refractivity contribution in [2.75, 3.05) is 5.32 Å². The maximum Gasteiger partial charge on any atom is 0.146 e. The first-order chi connectivity index (χ1) is 8.58. The van der Waals surface area contributed by atoms with Crippen LogP contribution in [0.3, 0.4) is 0 Å². The van der Waals surface area contributed by atoms with Crippen molar-refractivity contribution in [2.24, 2.45) is 0 Å². The molecule has 2 aromatic carbocycles. The van der Waals surface area contributed by atoms with Gasteiger partial charge in [0.25, 0.3) is 0 Å². The maximum atomic E-state index is 13.7. The number of hydrogen-bond acceptors (Lipinski definition) is 1. The van der Waals surface area contributed by atoms with Gasteiger partial charge in [0.1, 0.15) is 5.82 Å². The number of rotatable bonds is 3. The van der Waals surface area contributed by atoms with E-state index in [-0.39, 0.29) is 10.8 Å². The molecule has 0 spiro atoms. The molecule has 0 saturated carbocycles. The third kappa shape index (κ3) is 3.36. The molecule has 0 unspecified atom stereocenters. The maximum absolute atomic E-state index is 13.7. The van der Waals surface area contributed by atoms with Crippen LogP contribution in [0.5, 0.6) is 0 Å². The van der Waals surface area contributed by atoms with Gasteiger partial charge in [-0.3, -0.25) is 0 Å². The highest BCUT2D eigenvalue weighted by Crippen LogP contribution is 2.24. The summed E-state index contributed by atoms with van der Waals surface area (Å²) >= 11 is 11.4. The minimum absolute atomic E-state index is 0.151. The van der Waals surface area contributed by atoms with Gasteiger partial charge in [-0.25, -0.2) is 4.39 Å². The molecule has 0 aliphatic carbocycles. The van der Waals surface area contributed by atoms with E-state index < -0.39 is 0 Å². The number of hydrogen-bond donors (Lipinski definition) is 1. The van der Waals surface area contributed by atoms with E-state index in [1.165, 1.54) is 0 Å². The fourth-order valence-electron chi connectivity index (χ4n) is 1.49. The first-order valence-corrected chi connectivity index (χ1v) is 7.44. The zero-order valence-electron chi connectivity index (χ0n) is 9.18.